The third-order valence-electron chi connectivity index (χ3n) is 2.80. The fourth-order valence-electron chi connectivity index (χ4n) is 2.05. The molecule has 1 fully saturated rings. The van der Waals surface area contributed by atoms with E-state index in [4.69, 9.17) is 4.74 Å². The first-order chi connectivity index (χ1) is 6.76. The van der Waals surface area contributed by atoms with Gasteiger partial charge in [-0.2, -0.15) is 0 Å². The van der Waals surface area contributed by atoms with Gasteiger partial charge in [0.1, 0.15) is 0 Å². The lowest BCUT2D eigenvalue weighted by Crippen LogP contribution is -2.44. The third-order valence-corrected chi connectivity index (χ3v) is 2.80. The van der Waals surface area contributed by atoms with E-state index in [1.165, 1.54) is 6.54 Å². The molecule has 1 saturated heterocycles. The molecule has 0 spiro atoms. The highest BCUT2D eigenvalue weighted by Crippen LogP contribution is 2.09. The lowest BCUT2D eigenvalue weighted by atomic mass is 10.1. The van der Waals surface area contributed by atoms with E-state index in [0.29, 0.717) is 6.10 Å². The predicted molar refractivity (Wildman–Crippen MR) is 59.6 cm³/mol. The van der Waals surface area contributed by atoms with E-state index in [1.54, 1.807) is 0 Å². The van der Waals surface area contributed by atoms with E-state index in [2.05, 4.69) is 24.1 Å². The lowest BCUT2D eigenvalue weighted by Gasteiger charge is -2.34. The fourth-order valence-corrected chi connectivity index (χ4v) is 2.05. The van der Waals surface area contributed by atoms with Crippen LogP contribution in [0.15, 0.2) is 0 Å². The standard InChI is InChI=1S/C11H24N2O/c1-4-11-9-13(5-6-14-11)8-10(2)7-12-3/h10-12H,4-9H2,1-3H3. The Balaban J connectivity index is 2.22. The van der Waals surface area contributed by atoms with Crippen LogP contribution in [0, 0.1) is 5.92 Å². The first kappa shape index (κ1) is 12.0. The highest BCUT2D eigenvalue weighted by molar-refractivity contribution is 4.72. The van der Waals surface area contributed by atoms with Crippen molar-refractivity contribution in [1.82, 2.24) is 10.2 Å². The van der Waals surface area contributed by atoms with Crippen LogP contribution in [-0.2, 0) is 4.74 Å². The van der Waals surface area contributed by atoms with Gasteiger partial charge in [-0.05, 0) is 25.9 Å². The van der Waals surface area contributed by atoms with E-state index >= 15 is 0 Å². The Labute approximate surface area is 87.8 Å². The van der Waals surface area contributed by atoms with Crippen LogP contribution in [0.5, 0.6) is 0 Å². The molecule has 0 radical (unpaired) electrons. The summed E-state index contributed by atoms with van der Waals surface area (Å²) in [7, 11) is 2.02. The van der Waals surface area contributed by atoms with Crippen molar-refractivity contribution in [2.75, 3.05) is 39.8 Å². The topological polar surface area (TPSA) is 24.5 Å². The maximum Gasteiger partial charge on any atom is 0.0700 e. The lowest BCUT2D eigenvalue weighted by molar-refractivity contribution is -0.0332. The molecule has 0 saturated carbocycles. The first-order valence-electron chi connectivity index (χ1n) is 5.74. The minimum atomic E-state index is 0.463. The molecule has 0 bridgehead atoms. The molecule has 0 amide bonds. The minimum absolute atomic E-state index is 0.463. The van der Waals surface area contributed by atoms with Crippen LogP contribution < -0.4 is 5.32 Å². The maximum atomic E-state index is 5.64. The molecule has 1 aliphatic rings. The number of nitrogens with one attached hydrogen (secondary N) is 1. The predicted octanol–water partition coefficient (Wildman–Crippen LogP) is 0.953. The zero-order chi connectivity index (χ0) is 10.4. The maximum absolute atomic E-state index is 5.64. The summed E-state index contributed by atoms with van der Waals surface area (Å²) in [5.41, 5.74) is 0. The molecule has 1 N–H and O–H groups in total. The Morgan fingerprint density at radius 2 is 2.36 bits per heavy atom. The molecule has 14 heavy (non-hydrogen) atoms. The molecular formula is C11H24N2O. The van der Waals surface area contributed by atoms with Gasteiger partial charge in [0.05, 0.1) is 12.7 Å². The van der Waals surface area contributed by atoms with Crippen LogP contribution in [0.25, 0.3) is 0 Å². The van der Waals surface area contributed by atoms with Crippen molar-refractivity contribution in [1.29, 1.82) is 0 Å². The Kier molecular flexibility index (Phi) is 5.45. The highest BCUT2D eigenvalue weighted by atomic mass is 16.5. The number of nitrogens with zero attached hydrogens (tertiary/aromatic N) is 1. The van der Waals surface area contributed by atoms with Crippen LogP contribution in [0.4, 0.5) is 0 Å². The van der Waals surface area contributed by atoms with E-state index in [9.17, 15) is 0 Å². The van der Waals surface area contributed by atoms with Gasteiger partial charge in [-0.25, -0.2) is 0 Å². The molecule has 3 heteroatoms. The van der Waals surface area contributed by atoms with Gasteiger partial charge in [-0.15, -0.1) is 0 Å². The Morgan fingerprint density at radius 1 is 1.57 bits per heavy atom. The monoisotopic (exact) mass is 200 g/mol. The normalized spacial score (nSPS) is 26.4. The summed E-state index contributed by atoms with van der Waals surface area (Å²) in [6, 6.07) is 0. The second-order valence-electron chi connectivity index (χ2n) is 4.32. The highest BCUT2D eigenvalue weighted by Gasteiger charge is 2.19. The summed E-state index contributed by atoms with van der Waals surface area (Å²) in [4.78, 5) is 2.53. The van der Waals surface area contributed by atoms with Crippen LogP contribution in [0.2, 0.25) is 0 Å². The van der Waals surface area contributed by atoms with Gasteiger partial charge in [0.2, 0.25) is 0 Å². The van der Waals surface area contributed by atoms with Crippen molar-refractivity contribution in [3.8, 4) is 0 Å². The fraction of sp³-hybridized carbons (Fsp3) is 1.00. The molecule has 3 nitrogen and oxygen atoms in total. The molecule has 0 aromatic rings. The molecule has 0 aromatic heterocycles. The molecule has 0 aliphatic carbocycles. The van der Waals surface area contributed by atoms with E-state index in [0.717, 1.165) is 38.6 Å². The van der Waals surface area contributed by atoms with E-state index in [-0.39, 0.29) is 0 Å². The Morgan fingerprint density at radius 3 is 3.00 bits per heavy atom. The van der Waals surface area contributed by atoms with Gasteiger partial charge in [-0.3, -0.25) is 4.90 Å². The van der Waals surface area contributed by atoms with Crippen molar-refractivity contribution in [3.63, 3.8) is 0 Å². The van der Waals surface area contributed by atoms with Crippen molar-refractivity contribution in [2.24, 2.45) is 5.92 Å². The molecule has 0 aromatic carbocycles. The molecule has 2 atom stereocenters. The SMILES string of the molecule is CCC1CN(CC(C)CNC)CCO1. The number of ether oxygens (including phenoxy) is 1. The van der Waals surface area contributed by atoms with Gasteiger partial charge in [0, 0.05) is 19.6 Å². The molecular weight excluding hydrogens is 176 g/mol. The zero-order valence-corrected chi connectivity index (χ0v) is 9.75. The van der Waals surface area contributed by atoms with Gasteiger partial charge >= 0.3 is 0 Å². The van der Waals surface area contributed by atoms with Crippen LogP contribution in [-0.4, -0.2) is 50.8 Å². The van der Waals surface area contributed by atoms with E-state index < -0.39 is 0 Å². The summed E-state index contributed by atoms with van der Waals surface area (Å²) in [6.07, 6.45) is 1.60. The second-order valence-corrected chi connectivity index (χ2v) is 4.32. The average Bonchev–Trinajstić information content (AvgIpc) is 2.18. The summed E-state index contributed by atoms with van der Waals surface area (Å²) in [5.74, 6) is 0.732. The minimum Gasteiger partial charge on any atom is -0.376 e. The summed E-state index contributed by atoms with van der Waals surface area (Å²) in [5, 5.41) is 3.22. The largest absolute Gasteiger partial charge is 0.376 e. The number of morpholine rings is 1. The van der Waals surface area contributed by atoms with Crippen LogP contribution >= 0.6 is 0 Å². The zero-order valence-electron chi connectivity index (χ0n) is 9.75. The van der Waals surface area contributed by atoms with Crippen molar-refractivity contribution in [2.45, 2.75) is 26.4 Å². The van der Waals surface area contributed by atoms with Crippen molar-refractivity contribution in [3.05, 3.63) is 0 Å². The summed E-state index contributed by atoms with van der Waals surface area (Å²) < 4.78 is 5.64. The smallest absolute Gasteiger partial charge is 0.0700 e. The van der Waals surface area contributed by atoms with Crippen LogP contribution in [0.1, 0.15) is 20.3 Å². The molecule has 1 heterocycles. The molecule has 84 valence electrons. The van der Waals surface area contributed by atoms with Crippen LogP contribution in [0.3, 0.4) is 0 Å². The van der Waals surface area contributed by atoms with Gasteiger partial charge in [0.25, 0.3) is 0 Å². The van der Waals surface area contributed by atoms with Crippen molar-refractivity contribution < 1.29 is 4.74 Å². The quantitative estimate of drug-likeness (QED) is 0.715. The van der Waals surface area contributed by atoms with Gasteiger partial charge in [0.15, 0.2) is 0 Å². The number of rotatable bonds is 5. The summed E-state index contributed by atoms with van der Waals surface area (Å²) in [6.45, 7) is 9.92. The molecule has 1 rings (SSSR count). The summed E-state index contributed by atoms with van der Waals surface area (Å²) >= 11 is 0. The molecule has 1 aliphatic heterocycles. The first-order valence-corrected chi connectivity index (χ1v) is 5.74. The van der Waals surface area contributed by atoms with Crippen molar-refractivity contribution >= 4 is 0 Å². The Bertz CT molecular complexity index is 152. The number of hydrogen-bond donors (Lipinski definition) is 1. The van der Waals surface area contributed by atoms with Gasteiger partial charge < -0.3 is 10.1 Å². The molecule has 2 unspecified atom stereocenters. The van der Waals surface area contributed by atoms with E-state index in [1.807, 2.05) is 7.05 Å². The second kappa shape index (κ2) is 6.38. The third kappa shape index (κ3) is 3.95. The number of hydrogen-bond acceptors (Lipinski definition) is 3. The Hall–Kier alpha value is -0.120. The average molecular weight is 200 g/mol. The van der Waals surface area contributed by atoms with Gasteiger partial charge in [-0.1, -0.05) is 13.8 Å².